The molecule has 1 aromatic heterocycles. The number of ether oxygens (including phenoxy) is 1. The molecule has 0 amide bonds. The molecule has 0 aliphatic rings. The highest BCUT2D eigenvalue weighted by atomic mass is 79.9. The van der Waals surface area contributed by atoms with Gasteiger partial charge in [0, 0.05) is 33.9 Å². The first-order valence-electron chi connectivity index (χ1n) is 5.16. The summed E-state index contributed by atoms with van der Waals surface area (Å²) >= 11 is 5.25. The van der Waals surface area contributed by atoms with E-state index in [4.69, 9.17) is 4.74 Å². The number of hydrogen-bond donors (Lipinski definition) is 1. The van der Waals surface area contributed by atoms with Crippen LogP contribution < -0.4 is 5.32 Å². The third-order valence-electron chi connectivity index (χ3n) is 2.36. The number of rotatable bonds is 6. The number of halogens is 1. The van der Waals surface area contributed by atoms with E-state index >= 15 is 0 Å². The normalized spacial score (nSPS) is 15.2. The molecule has 1 N–H and O–H groups in total. The molecule has 2 unspecified atom stereocenters. The zero-order valence-electron chi connectivity index (χ0n) is 9.42. The Labute approximate surface area is 104 Å². The molecule has 0 saturated carbocycles. The van der Waals surface area contributed by atoms with Gasteiger partial charge in [0.15, 0.2) is 0 Å². The lowest BCUT2D eigenvalue weighted by atomic mass is 10.2. The molecule has 0 aromatic carbocycles. The Hall–Kier alpha value is 0.1000. The highest BCUT2D eigenvalue weighted by molar-refractivity contribution is 9.10. The van der Waals surface area contributed by atoms with Crippen molar-refractivity contribution in [3.05, 3.63) is 20.8 Å². The minimum Gasteiger partial charge on any atom is -0.383 e. The van der Waals surface area contributed by atoms with Crippen molar-refractivity contribution >= 4 is 27.3 Å². The molecule has 4 heteroatoms. The largest absolute Gasteiger partial charge is 0.383 e. The van der Waals surface area contributed by atoms with Gasteiger partial charge in [0.25, 0.3) is 0 Å². The van der Waals surface area contributed by atoms with E-state index in [1.807, 2.05) is 0 Å². The molecular formula is C11H18BrNOS. The number of nitrogens with one attached hydrogen (secondary N) is 1. The second kappa shape index (κ2) is 6.63. The van der Waals surface area contributed by atoms with Crippen molar-refractivity contribution in [1.29, 1.82) is 0 Å². The second-order valence-corrected chi connectivity index (χ2v) is 5.47. The van der Waals surface area contributed by atoms with Crippen molar-refractivity contribution < 1.29 is 4.74 Å². The summed E-state index contributed by atoms with van der Waals surface area (Å²) in [5, 5.41) is 5.68. The summed E-state index contributed by atoms with van der Waals surface area (Å²) in [7, 11) is 1.75. The zero-order valence-corrected chi connectivity index (χ0v) is 11.8. The van der Waals surface area contributed by atoms with Crippen LogP contribution in [0.3, 0.4) is 0 Å². The fourth-order valence-electron chi connectivity index (χ4n) is 1.48. The minimum atomic E-state index is 0.390. The minimum absolute atomic E-state index is 0.390. The molecule has 0 bridgehead atoms. The van der Waals surface area contributed by atoms with Crippen molar-refractivity contribution in [2.24, 2.45) is 0 Å². The van der Waals surface area contributed by atoms with Crippen LogP contribution in [0.25, 0.3) is 0 Å². The summed E-state index contributed by atoms with van der Waals surface area (Å²) in [6, 6.07) is 2.99. The maximum absolute atomic E-state index is 5.17. The van der Waals surface area contributed by atoms with Gasteiger partial charge in [-0.1, -0.05) is 6.92 Å². The summed E-state index contributed by atoms with van der Waals surface area (Å²) in [6.07, 6.45) is 1.09. The highest BCUT2D eigenvalue weighted by Crippen LogP contribution is 2.25. The Morgan fingerprint density at radius 2 is 2.33 bits per heavy atom. The molecule has 1 heterocycles. The Balaban J connectivity index is 2.50. The van der Waals surface area contributed by atoms with Gasteiger partial charge in [-0.15, -0.1) is 11.3 Å². The van der Waals surface area contributed by atoms with Crippen LogP contribution in [0.2, 0.25) is 0 Å². The van der Waals surface area contributed by atoms with Crippen LogP contribution in [0.15, 0.2) is 15.9 Å². The molecule has 0 aliphatic carbocycles. The average Bonchev–Trinajstić information content (AvgIpc) is 2.64. The summed E-state index contributed by atoms with van der Waals surface area (Å²) < 4.78 is 6.33. The van der Waals surface area contributed by atoms with E-state index in [1.165, 1.54) is 4.88 Å². The lowest BCUT2D eigenvalue weighted by Crippen LogP contribution is -2.34. The first-order chi connectivity index (χ1) is 7.17. The molecule has 86 valence electrons. The topological polar surface area (TPSA) is 21.3 Å². The van der Waals surface area contributed by atoms with E-state index in [1.54, 1.807) is 18.4 Å². The summed E-state index contributed by atoms with van der Waals surface area (Å²) in [4.78, 5) is 1.36. The highest BCUT2D eigenvalue weighted by Gasteiger charge is 2.12. The van der Waals surface area contributed by atoms with Gasteiger partial charge >= 0.3 is 0 Å². The first-order valence-corrected chi connectivity index (χ1v) is 6.83. The van der Waals surface area contributed by atoms with Gasteiger partial charge < -0.3 is 10.1 Å². The molecule has 2 nitrogen and oxygen atoms in total. The van der Waals surface area contributed by atoms with Crippen LogP contribution in [-0.2, 0) is 4.74 Å². The maximum atomic E-state index is 5.17. The monoisotopic (exact) mass is 291 g/mol. The third-order valence-corrected chi connectivity index (χ3v) is 4.24. The Morgan fingerprint density at radius 1 is 1.60 bits per heavy atom. The maximum Gasteiger partial charge on any atom is 0.0615 e. The van der Waals surface area contributed by atoms with Crippen LogP contribution >= 0.6 is 27.3 Å². The van der Waals surface area contributed by atoms with Crippen molar-refractivity contribution in [3.63, 3.8) is 0 Å². The summed E-state index contributed by atoms with van der Waals surface area (Å²) in [5.41, 5.74) is 0. The molecule has 1 aromatic rings. The molecule has 2 atom stereocenters. The number of hydrogen-bond acceptors (Lipinski definition) is 3. The molecule has 0 radical (unpaired) electrons. The molecule has 0 aliphatic heterocycles. The van der Waals surface area contributed by atoms with Gasteiger partial charge in [0.1, 0.15) is 0 Å². The predicted molar refractivity (Wildman–Crippen MR) is 69.5 cm³/mol. The fourth-order valence-corrected chi connectivity index (χ4v) is 2.94. The van der Waals surface area contributed by atoms with Crippen molar-refractivity contribution in [3.8, 4) is 0 Å². The molecule has 0 saturated heterocycles. The van der Waals surface area contributed by atoms with E-state index in [-0.39, 0.29) is 0 Å². The summed E-state index contributed by atoms with van der Waals surface area (Å²) in [6.45, 7) is 5.14. The lowest BCUT2D eigenvalue weighted by Gasteiger charge is -2.20. The first kappa shape index (κ1) is 13.2. The van der Waals surface area contributed by atoms with E-state index < -0.39 is 0 Å². The number of thiophene rings is 1. The van der Waals surface area contributed by atoms with Crippen LogP contribution in [-0.4, -0.2) is 19.8 Å². The van der Waals surface area contributed by atoms with E-state index in [0.717, 1.165) is 17.5 Å². The molecule has 0 fully saturated rings. The SMILES string of the molecule is CCC(COC)NC(C)c1cc(Br)cs1. The molecule has 15 heavy (non-hydrogen) atoms. The average molecular weight is 292 g/mol. The Kier molecular flexibility index (Phi) is 5.82. The van der Waals surface area contributed by atoms with Gasteiger partial charge in [-0.05, 0) is 35.3 Å². The van der Waals surface area contributed by atoms with Crippen LogP contribution in [0.1, 0.15) is 31.2 Å². The standard InChI is InChI=1S/C11H18BrNOS/c1-4-10(6-14-3)13-8(2)11-5-9(12)7-15-11/h5,7-8,10,13H,4,6H2,1-3H3. The van der Waals surface area contributed by atoms with Crippen LogP contribution in [0.4, 0.5) is 0 Å². The quantitative estimate of drug-likeness (QED) is 0.865. The molecule has 1 rings (SSSR count). The lowest BCUT2D eigenvalue weighted by molar-refractivity contribution is 0.160. The van der Waals surface area contributed by atoms with E-state index in [9.17, 15) is 0 Å². The molecular weight excluding hydrogens is 274 g/mol. The Bertz CT molecular complexity index is 290. The zero-order chi connectivity index (χ0) is 11.3. The second-order valence-electron chi connectivity index (χ2n) is 3.62. The molecule has 0 spiro atoms. The Morgan fingerprint density at radius 3 is 2.80 bits per heavy atom. The van der Waals surface area contributed by atoms with Crippen molar-refractivity contribution in [2.45, 2.75) is 32.4 Å². The van der Waals surface area contributed by atoms with Crippen LogP contribution in [0, 0.1) is 0 Å². The smallest absolute Gasteiger partial charge is 0.0615 e. The number of methoxy groups -OCH3 is 1. The van der Waals surface area contributed by atoms with Gasteiger partial charge in [-0.2, -0.15) is 0 Å². The van der Waals surface area contributed by atoms with Gasteiger partial charge in [-0.3, -0.25) is 0 Å². The van der Waals surface area contributed by atoms with E-state index in [0.29, 0.717) is 12.1 Å². The third kappa shape index (κ3) is 4.23. The van der Waals surface area contributed by atoms with Gasteiger partial charge in [0.2, 0.25) is 0 Å². The summed E-state index contributed by atoms with van der Waals surface area (Å²) in [5.74, 6) is 0. The van der Waals surface area contributed by atoms with Crippen molar-refractivity contribution in [2.75, 3.05) is 13.7 Å². The predicted octanol–water partition coefficient (Wildman–Crippen LogP) is 3.59. The fraction of sp³-hybridized carbons (Fsp3) is 0.636. The van der Waals surface area contributed by atoms with Crippen LogP contribution in [0.5, 0.6) is 0 Å². The van der Waals surface area contributed by atoms with E-state index in [2.05, 4.69) is 46.5 Å². The van der Waals surface area contributed by atoms with Gasteiger partial charge in [-0.25, -0.2) is 0 Å². The van der Waals surface area contributed by atoms with Gasteiger partial charge in [0.05, 0.1) is 6.61 Å². The van der Waals surface area contributed by atoms with Crippen molar-refractivity contribution in [1.82, 2.24) is 5.32 Å².